The molecular weight excluding hydrogens is 399 g/mol. The number of ether oxygens (including phenoxy) is 1. The number of fused-ring (bicyclic) bond motifs is 1. The van der Waals surface area contributed by atoms with Gasteiger partial charge in [-0.3, -0.25) is 0 Å². The molecule has 0 aliphatic carbocycles. The number of hydrogen-bond acceptors (Lipinski definition) is 7. The van der Waals surface area contributed by atoms with Crippen LogP contribution in [-0.2, 0) is 6.54 Å². The molecule has 0 saturated carbocycles. The van der Waals surface area contributed by atoms with E-state index in [1.165, 1.54) is 12.1 Å². The molecule has 1 aliphatic rings. The lowest BCUT2D eigenvalue weighted by atomic mass is 10.2. The molecule has 0 unspecified atom stereocenters. The van der Waals surface area contributed by atoms with Crippen LogP contribution in [0, 0.1) is 12.7 Å². The van der Waals surface area contributed by atoms with Crippen LogP contribution in [0.2, 0.25) is 0 Å². The third kappa shape index (κ3) is 3.67. The molecule has 0 spiro atoms. The van der Waals surface area contributed by atoms with Crippen LogP contribution in [0.5, 0.6) is 5.75 Å². The number of nitrogens with zero attached hydrogens (tertiary/aromatic N) is 7. The molecule has 5 rings (SSSR count). The lowest BCUT2D eigenvalue weighted by Gasteiger charge is -2.27. The van der Waals surface area contributed by atoms with Gasteiger partial charge in [-0.05, 0) is 49.7 Å². The first-order valence-corrected chi connectivity index (χ1v) is 9.92. The molecule has 158 valence electrons. The van der Waals surface area contributed by atoms with Crippen LogP contribution < -0.4 is 15.0 Å². The van der Waals surface area contributed by atoms with E-state index >= 15 is 0 Å². The van der Waals surface area contributed by atoms with Crippen molar-refractivity contribution in [2.45, 2.75) is 19.9 Å². The molecule has 3 heterocycles. The van der Waals surface area contributed by atoms with Crippen molar-refractivity contribution in [1.29, 1.82) is 0 Å². The molecule has 0 amide bonds. The Morgan fingerprint density at radius 3 is 2.65 bits per heavy atom. The Hall–Kier alpha value is -3.95. The van der Waals surface area contributed by atoms with E-state index < -0.39 is 0 Å². The van der Waals surface area contributed by atoms with Crippen LogP contribution in [0.1, 0.15) is 12.2 Å². The Balaban J connectivity index is 1.42. The van der Waals surface area contributed by atoms with E-state index in [-0.39, 0.29) is 5.82 Å². The van der Waals surface area contributed by atoms with Gasteiger partial charge in [-0.15, -0.1) is 5.10 Å². The highest BCUT2D eigenvalue weighted by Gasteiger charge is 2.23. The van der Waals surface area contributed by atoms with Crippen molar-refractivity contribution in [1.82, 2.24) is 29.5 Å². The van der Waals surface area contributed by atoms with Crippen LogP contribution in [-0.4, -0.2) is 43.2 Å². The Morgan fingerprint density at radius 1 is 1.06 bits per heavy atom. The maximum Gasteiger partial charge on any atom is 0.248 e. The maximum absolute atomic E-state index is 13.3. The van der Waals surface area contributed by atoms with Crippen molar-refractivity contribution in [3.8, 4) is 11.4 Å². The molecule has 1 aliphatic heterocycles. The molecule has 0 bridgehead atoms. The third-order valence-electron chi connectivity index (χ3n) is 5.07. The quantitative estimate of drug-likeness (QED) is 0.528. The topological polar surface area (TPSA) is 85.9 Å². The number of halogens is 1. The summed E-state index contributed by atoms with van der Waals surface area (Å²) in [6, 6.07) is 12.1. The summed E-state index contributed by atoms with van der Waals surface area (Å²) in [7, 11) is 1.61. The molecule has 9 nitrogen and oxygen atoms in total. The molecule has 0 fully saturated rings. The van der Waals surface area contributed by atoms with Crippen molar-refractivity contribution in [2.75, 3.05) is 23.9 Å². The van der Waals surface area contributed by atoms with Gasteiger partial charge in [0.15, 0.2) is 0 Å². The minimum Gasteiger partial charge on any atom is -0.494 e. The SMILES string of the molecule is COc1cc(Nc2nc3n(n2)CCCN3c2ccc(F)cc2)ccc1-n1cnc(C)n1. The minimum absolute atomic E-state index is 0.261. The molecule has 2 aromatic heterocycles. The largest absolute Gasteiger partial charge is 0.494 e. The number of methoxy groups -OCH3 is 1. The summed E-state index contributed by atoms with van der Waals surface area (Å²) < 4.78 is 22.4. The van der Waals surface area contributed by atoms with E-state index in [4.69, 9.17) is 4.74 Å². The Kier molecular flexibility index (Phi) is 4.73. The standard InChI is InChI=1S/C21H21FN8O/c1-14-23-13-30(26-14)18-9-6-16(12-19(18)31-2)24-20-25-21-28(10-3-11-29(21)27-20)17-7-4-15(22)5-8-17/h4-9,12-13H,3,10-11H2,1-2H3,(H,24,27). The molecule has 0 radical (unpaired) electrons. The molecular formula is C21H21FN8O. The Bertz CT molecular complexity index is 1220. The first-order chi connectivity index (χ1) is 15.1. The second kappa shape index (κ2) is 7.71. The smallest absolute Gasteiger partial charge is 0.248 e. The van der Waals surface area contributed by atoms with Crippen LogP contribution in [0.25, 0.3) is 5.69 Å². The van der Waals surface area contributed by atoms with Crippen molar-refractivity contribution >= 4 is 23.3 Å². The van der Waals surface area contributed by atoms with E-state index in [1.54, 1.807) is 30.3 Å². The van der Waals surface area contributed by atoms with E-state index in [0.717, 1.165) is 42.5 Å². The van der Waals surface area contributed by atoms with Gasteiger partial charge in [0.25, 0.3) is 0 Å². The summed E-state index contributed by atoms with van der Waals surface area (Å²) in [6.45, 7) is 3.40. The molecule has 0 atom stereocenters. The van der Waals surface area contributed by atoms with Crippen molar-refractivity contribution in [2.24, 2.45) is 0 Å². The van der Waals surface area contributed by atoms with Gasteiger partial charge in [0.05, 0.1) is 7.11 Å². The number of nitrogens with one attached hydrogen (secondary N) is 1. The predicted octanol–water partition coefficient (Wildman–Crippen LogP) is 3.60. The molecule has 31 heavy (non-hydrogen) atoms. The Labute approximate surface area is 178 Å². The van der Waals surface area contributed by atoms with Gasteiger partial charge in [0, 0.05) is 30.5 Å². The fourth-order valence-electron chi connectivity index (χ4n) is 3.62. The lowest BCUT2D eigenvalue weighted by molar-refractivity contribution is 0.412. The second-order valence-electron chi connectivity index (χ2n) is 7.19. The zero-order chi connectivity index (χ0) is 21.4. The normalized spacial score (nSPS) is 13.2. The fourth-order valence-corrected chi connectivity index (χ4v) is 3.62. The van der Waals surface area contributed by atoms with Crippen LogP contribution in [0.15, 0.2) is 48.8 Å². The molecule has 0 saturated heterocycles. The highest BCUT2D eigenvalue weighted by Crippen LogP contribution is 2.31. The number of aromatic nitrogens is 6. The lowest BCUT2D eigenvalue weighted by Crippen LogP contribution is -2.28. The van der Waals surface area contributed by atoms with Crippen molar-refractivity contribution in [3.05, 3.63) is 60.4 Å². The van der Waals surface area contributed by atoms with Gasteiger partial charge >= 0.3 is 0 Å². The third-order valence-corrected chi connectivity index (χ3v) is 5.07. The first kappa shape index (κ1) is 19.0. The summed E-state index contributed by atoms with van der Waals surface area (Å²) >= 11 is 0. The molecule has 4 aromatic rings. The van der Waals surface area contributed by atoms with Gasteiger partial charge in [-0.25, -0.2) is 18.7 Å². The van der Waals surface area contributed by atoms with Crippen LogP contribution >= 0.6 is 0 Å². The Morgan fingerprint density at radius 2 is 1.90 bits per heavy atom. The number of hydrogen-bond donors (Lipinski definition) is 1. The van der Waals surface area contributed by atoms with Crippen molar-refractivity contribution in [3.63, 3.8) is 0 Å². The number of benzene rings is 2. The average molecular weight is 420 g/mol. The zero-order valence-electron chi connectivity index (χ0n) is 17.2. The summed E-state index contributed by atoms with van der Waals surface area (Å²) in [5, 5.41) is 12.2. The van der Waals surface area contributed by atoms with Gasteiger partial charge < -0.3 is 15.0 Å². The second-order valence-corrected chi connectivity index (χ2v) is 7.19. The maximum atomic E-state index is 13.3. The predicted molar refractivity (Wildman–Crippen MR) is 114 cm³/mol. The molecule has 10 heteroatoms. The van der Waals surface area contributed by atoms with E-state index in [2.05, 4.69) is 25.5 Å². The number of aryl methyl sites for hydroxylation is 2. The molecule has 1 N–H and O–H groups in total. The highest BCUT2D eigenvalue weighted by molar-refractivity contribution is 5.64. The van der Waals surface area contributed by atoms with E-state index in [9.17, 15) is 4.39 Å². The van der Waals surface area contributed by atoms with Crippen LogP contribution in [0.3, 0.4) is 0 Å². The average Bonchev–Trinajstić information content (AvgIpc) is 3.39. The zero-order valence-corrected chi connectivity index (χ0v) is 17.2. The molecule has 2 aromatic carbocycles. The summed E-state index contributed by atoms with van der Waals surface area (Å²) in [5.41, 5.74) is 2.46. The fraction of sp³-hybridized carbons (Fsp3) is 0.238. The highest BCUT2D eigenvalue weighted by atomic mass is 19.1. The monoisotopic (exact) mass is 420 g/mol. The van der Waals surface area contributed by atoms with E-state index in [1.807, 2.05) is 34.7 Å². The minimum atomic E-state index is -0.261. The van der Waals surface area contributed by atoms with E-state index in [0.29, 0.717) is 17.5 Å². The number of anilines is 4. The van der Waals surface area contributed by atoms with Gasteiger partial charge in [0.1, 0.15) is 29.4 Å². The van der Waals surface area contributed by atoms with Crippen LogP contribution in [0.4, 0.5) is 27.7 Å². The summed E-state index contributed by atoms with van der Waals surface area (Å²) in [6.07, 6.45) is 2.57. The van der Waals surface area contributed by atoms with Crippen molar-refractivity contribution < 1.29 is 9.13 Å². The van der Waals surface area contributed by atoms with Gasteiger partial charge in [0.2, 0.25) is 11.9 Å². The summed E-state index contributed by atoms with van der Waals surface area (Å²) in [4.78, 5) is 10.9. The number of rotatable bonds is 5. The van der Waals surface area contributed by atoms with Gasteiger partial charge in [-0.1, -0.05) is 0 Å². The summed E-state index contributed by atoms with van der Waals surface area (Å²) in [5.74, 6) is 2.27. The first-order valence-electron chi connectivity index (χ1n) is 9.92. The van der Waals surface area contributed by atoms with Gasteiger partial charge in [-0.2, -0.15) is 10.1 Å².